The summed E-state index contributed by atoms with van der Waals surface area (Å²) >= 11 is 1.57. The van der Waals surface area contributed by atoms with Gasteiger partial charge in [0.2, 0.25) is 0 Å². The van der Waals surface area contributed by atoms with Crippen LogP contribution in [0.1, 0.15) is 26.8 Å². The van der Waals surface area contributed by atoms with Gasteiger partial charge in [-0.15, -0.1) is 11.3 Å². The number of aryl methyl sites for hydroxylation is 3. The van der Waals surface area contributed by atoms with Gasteiger partial charge in [-0.2, -0.15) is 5.10 Å². The van der Waals surface area contributed by atoms with Gasteiger partial charge >= 0.3 is 5.97 Å². The van der Waals surface area contributed by atoms with Crippen molar-refractivity contribution in [3.8, 4) is 0 Å². The summed E-state index contributed by atoms with van der Waals surface area (Å²) in [5, 5.41) is 19.3. The molecule has 0 aliphatic carbocycles. The van der Waals surface area contributed by atoms with Gasteiger partial charge in [0, 0.05) is 12.4 Å². The van der Waals surface area contributed by atoms with Crippen molar-refractivity contribution in [3.05, 3.63) is 27.3 Å². The summed E-state index contributed by atoms with van der Waals surface area (Å²) in [7, 11) is 1.72. The monoisotopic (exact) mass is 266 g/mol. The molecule has 0 unspecified atom stereocenters. The molecule has 2 N–H and O–H groups in total. The number of carboxylic acids is 1. The summed E-state index contributed by atoms with van der Waals surface area (Å²) < 4.78 is 1.54. The highest BCUT2D eigenvalue weighted by atomic mass is 32.1. The van der Waals surface area contributed by atoms with Crippen LogP contribution in [0.15, 0.2) is 5.38 Å². The van der Waals surface area contributed by atoms with Crippen molar-refractivity contribution < 1.29 is 9.90 Å². The molecule has 0 fully saturated rings. The van der Waals surface area contributed by atoms with Crippen molar-refractivity contribution in [2.75, 3.05) is 5.32 Å². The van der Waals surface area contributed by atoms with E-state index in [0.717, 1.165) is 10.7 Å². The molecule has 0 spiro atoms. The van der Waals surface area contributed by atoms with E-state index in [4.69, 9.17) is 5.11 Å². The maximum atomic E-state index is 11.2. The number of aromatic carboxylic acids is 1. The molecule has 2 aromatic rings. The number of anilines is 1. The highest BCUT2D eigenvalue weighted by Crippen LogP contribution is 2.19. The largest absolute Gasteiger partial charge is 0.477 e. The molecule has 0 saturated heterocycles. The van der Waals surface area contributed by atoms with E-state index in [-0.39, 0.29) is 5.56 Å². The highest BCUT2D eigenvalue weighted by molar-refractivity contribution is 7.09. The van der Waals surface area contributed by atoms with E-state index in [9.17, 15) is 4.79 Å². The first-order valence-corrected chi connectivity index (χ1v) is 6.28. The summed E-state index contributed by atoms with van der Waals surface area (Å²) in [5.41, 5.74) is 1.61. The summed E-state index contributed by atoms with van der Waals surface area (Å²) in [6, 6.07) is 0. The lowest BCUT2D eigenvalue weighted by molar-refractivity contribution is 0.0697. The Morgan fingerprint density at radius 2 is 2.28 bits per heavy atom. The molecule has 0 aromatic carbocycles. The Kier molecular flexibility index (Phi) is 3.33. The topological polar surface area (TPSA) is 80.0 Å². The van der Waals surface area contributed by atoms with E-state index < -0.39 is 5.97 Å². The molecule has 0 aliphatic heterocycles. The van der Waals surface area contributed by atoms with Gasteiger partial charge in [-0.3, -0.25) is 4.68 Å². The molecular formula is C11H14N4O2S. The van der Waals surface area contributed by atoms with Gasteiger partial charge in [-0.05, 0) is 13.8 Å². The molecule has 2 rings (SSSR count). The minimum absolute atomic E-state index is 0.212. The van der Waals surface area contributed by atoms with Crippen LogP contribution >= 0.6 is 11.3 Å². The van der Waals surface area contributed by atoms with Gasteiger partial charge in [0.05, 0.1) is 22.9 Å². The zero-order chi connectivity index (χ0) is 13.3. The van der Waals surface area contributed by atoms with E-state index in [2.05, 4.69) is 15.4 Å². The minimum Gasteiger partial charge on any atom is -0.477 e. The third-order valence-corrected chi connectivity index (χ3v) is 3.36. The Morgan fingerprint density at radius 1 is 1.56 bits per heavy atom. The fourth-order valence-corrected chi connectivity index (χ4v) is 2.39. The third kappa shape index (κ3) is 2.35. The molecule has 0 saturated carbocycles. The standard InChI is InChI=1S/C11H14N4O2S/c1-6-9(11(16)17)10(15(3)14-6)12-4-8-5-18-7(2)13-8/h5,12H,4H2,1-3H3,(H,16,17). The molecule has 6 nitrogen and oxygen atoms in total. The van der Waals surface area contributed by atoms with Crippen LogP contribution in [-0.2, 0) is 13.6 Å². The number of rotatable bonds is 4. The molecule has 0 radical (unpaired) electrons. The van der Waals surface area contributed by atoms with E-state index in [0.29, 0.717) is 18.1 Å². The highest BCUT2D eigenvalue weighted by Gasteiger charge is 2.19. The third-order valence-electron chi connectivity index (χ3n) is 2.54. The number of hydrogen-bond acceptors (Lipinski definition) is 5. The second-order valence-corrected chi connectivity index (χ2v) is 5.01. The molecule has 0 aliphatic rings. The summed E-state index contributed by atoms with van der Waals surface area (Å²) in [6.45, 7) is 4.11. The Hall–Kier alpha value is -1.89. The number of nitrogens with zero attached hydrogens (tertiary/aromatic N) is 3. The van der Waals surface area contributed by atoms with Crippen LogP contribution in [-0.4, -0.2) is 25.8 Å². The van der Waals surface area contributed by atoms with E-state index in [1.165, 1.54) is 4.68 Å². The molecule has 7 heteroatoms. The van der Waals surface area contributed by atoms with Crippen molar-refractivity contribution in [2.45, 2.75) is 20.4 Å². The van der Waals surface area contributed by atoms with Gasteiger partial charge in [-0.1, -0.05) is 0 Å². The minimum atomic E-state index is -0.974. The Balaban J connectivity index is 2.21. The summed E-state index contributed by atoms with van der Waals surface area (Å²) in [5.74, 6) is -0.469. The first-order chi connectivity index (χ1) is 8.49. The lowest BCUT2D eigenvalue weighted by Crippen LogP contribution is -2.09. The van der Waals surface area contributed by atoms with Gasteiger partial charge in [0.15, 0.2) is 0 Å². The van der Waals surface area contributed by atoms with Gasteiger partial charge in [0.25, 0.3) is 0 Å². The van der Waals surface area contributed by atoms with E-state index in [1.54, 1.807) is 25.3 Å². The fraction of sp³-hybridized carbons (Fsp3) is 0.364. The molecule has 0 amide bonds. The Bertz CT molecular complexity index is 588. The number of thiazole rings is 1. The zero-order valence-electron chi connectivity index (χ0n) is 10.4. The zero-order valence-corrected chi connectivity index (χ0v) is 11.2. The molecule has 18 heavy (non-hydrogen) atoms. The second kappa shape index (κ2) is 4.77. The number of carboxylic acid groups (broad SMARTS) is 1. The second-order valence-electron chi connectivity index (χ2n) is 3.95. The van der Waals surface area contributed by atoms with Crippen LogP contribution in [0.5, 0.6) is 0 Å². The SMILES string of the molecule is Cc1nc(CNc2c(C(=O)O)c(C)nn2C)cs1. The van der Waals surface area contributed by atoms with Crippen molar-refractivity contribution in [3.63, 3.8) is 0 Å². The van der Waals surface area contributed by atoms with Gasteiger partial charge in [-0.25, -0.2) is 9.78 Å². The molecule has 96 valence electrons. The maximum Gasteiger partial charge on any atom is 0.341 e. The van der Waals surface area contributed by atoms with Crippen LogP contribution in [0.4, 0.5) is 5.82 Å². The van der Waals surface area contributed by atoms with Crippen molar-refractivity contribution in [1.82, 2.24) is 14.8 Å². The Morgan fingerprint density at radius 3 is 2.83 bits per heavy atom. The van der Waals surface area contributed by atoms with Gasteiger partial charge < -0.3 is 10.4 Å². The summed E-state index contributed by atoms with van der Waals surface area (Å²) in [6.07, 6.45) is 0. The molecule has 2 heterocycles. The number of hydrogen-bond donors (Lipinski definition) is 2. The fourth-order valence-electron chi connectivity index (χ4n) is 1.78. The first-order valence-electron chi connectivity index (χ1n) is 5.40. The van der Waals surface area contributed by atoms with Gasteiger partial charge in [0.1, 0.15) is 11.4 Å². The molecule has 2 aromatic heterocycles. The molecule has 0 atom stereocenters. The number of carbonyl (C=O) groups is 1. The van der Waals surface area contributed by atoms with Crippen molar-refractivity contribution in [2.24, 2.45) is 7.05 Å². The summed E-state index contributed by atoms with van der Waals surface area (Å²) in [4.78, 5) is 15.5. The first kappa shape index (κ1) is 12.6. The van der Waals surface area contributed by atoms with Crippen molar-refractivity contribution in [1.29, 1.82) is 0 Å². The lowest BCUT2D eigenvalue weighted by atomic mass is 10.2. The normalized spacial score (nSPS) is 10.6. The van der Waals surface area contributed by atoms with Crippen LogP contribution in [0, 0.1) is 13.8 Å². The number of aromatic nitrogens is 3. The molecular weight excluding hydrogens is 252 g/mol. The number of nitrogens with one attached hydrogen (secondary N) is 1. The quantitative estimate of drug-likeness (QED) is 0.882. The van der Waals surface area contributed by atoms with Crippen LogP contribution < -0.4 is 5.32 Å². The average molecular weight is 266 g/mol. The van der Waals surface area contributed by atoms with E-state index in [1.807, 2.05) is 12.3 Å². The average Bonchev–Trinajstić information content (AvgIpc) is 2.79. The molecule has 0 bridgehead atoms. The van der Waals surface area contributed by atoms with Crippen LogP contribution in [0.2, 0.25) is 0 Å². The van der Waals surface area contributed by atoms with E-state index >= 15 is 0 Å². The predicted molar refractivity (Wildman–Crippen MR) is 69.1 cm³/mol. The smallest absolute Gasteiger partial charge is 0.341 e. The Labute approximate surface area is 108 Å². The lowest BCUT2D eigenvalue weighted by Gasteiger charge is -2.06. The van der Waals surface area contributed by atoms with Crippen LogP contribution in [0.25, 0.3) is 0 Å². The predicted octanol–water partition coefficient (Wildman–Crippen LogP) is 1.80. The van der Waals surface area contributed by atoms with Crippen LogP contribution in [0.3, 0.4) is 0 Å². The van der Waals surface area contributed by atoms with Crippen molar-refractivity contribution >= 4 is 23.1 Å². The maximum absolute atomic E-state index is 11.2.